The maximum atomic E-state index is 13.0. The highest BCUT2D eigenvalue weighted by molar-refractivity contribution is 6.32. The molecule has 2 rings (SSSR count). The zero-order valence-corrected chi connectivity index (χ0v) is 12.8. The molecule has 0 spiro atoms. The van der Waals surface area contributed by atoms with E-state index < -0.39 is 10.8 Å². The van der Waals surface area contributed by atoms with Crippen LogP contribution in [0.5, 0.6) is 0 Å². The van der Waals surface area contributed by atoms with Crippen LogP contribution in [0.3, 0.4) is 0 Å². The fraction of sp³-hybridized carbons (Fsp3) is 0.0625. The number of benzene rings is 2. The van der Waals surface area contributed by atoms with Crippen molar-refractivity contribution in [1.82, 2.24) is 0 Å². The predicted octanol–water partition coefficient (Wildman–Crippen LogP) is 4.35. The Labute approximate surface area is 136 Å². The fourth-order valence-electron chi connectivity index (χ4n) is 1.89. The molecule has 0 unspecified atom stereocenters. The van der Waals surface area contributed by atoms with Crippen molar-refractivity contribution in [3.63, 3.8) is 0 Å². The highest BCUT2D eigenvalue weighted by Gasteiger charge is 2.11. The molecule has 0 aromatic heterocycles. The van der Waals surface area contributed by atoms with Gasteiger partial charge in [0.1, 0.15) is 10.8 Å². The molecular weight excluding hydrogens is 323 g/mol. The van der Waals surface area contributed by atoms with Gasteiger partial charge in [-0.25, -0.2) is 4.39 Å². The van der Waals surface area contributed by atoms with E-state index in [1.54, 1.807) is 13.0 Å². The van der Waals surface area contributed by atoms with Gasteiger partial charge in [-0.1, -0.05) is 17.7 Å². The van der Waals surface area contributed by atoms with E-state index in [4.69, 9.17) is 11.6 Å². The SMILES string of the molecule is Cc1cc(F)ccc1NC(=O)/C=C/c1ccc(Cl)c([N+](=O)[O-])c1. The van der Waals surface area contributed by atoms with Crippen LogP contribution in [0.15, 0.2) is 42.5 Å². The summed E-state index contributed by atoms with van der Waals surface area (Å²) in [5, 5.41) is 13.4. The van der Waals surface area contributed by atoms with Crippen molar-refractivity contribution in [2.24, 2.45) is 0 Å². The van der Waals surface area contributed by atoms with E-state index in [9.17, 15) is 19.3 Å². The monoisotopic (exact) mass is 334 g/mol. The molecule has 1 amide bonds. The molecule has 0 heterocycles. The van der Waals surface area contributed by atoms with E-state index in [-0.39, 0.29) is 16.5 Å². The fourth-order valence-corrected chi connectivity index (χ4v) is 2.07. The quantitative estimate of drug-likeness (QED) is 0.513. The number of rotatable bonds is 4. The highest BCUT2D eigenvalue weighted by atomic mass is 35.5. The largest absolute Gasteiger partial charge is 0.322 e. The molecule has 0 radical (unpaired) electrons. The van der Waals surface area contributed by atoms with Gasteiger partial charge in [-0.2, -0.15) is 0 Å². The molecule has 0 fully saturated rings. The Morgan fingerprint density at radius 2 is 2.04 bits per heavy atom. The summed E-state index contributed by atoms with van der Waals surface area (Å²) in [6, 6.07) is 8.24. The summed E-state index contributed by atoms with van der Waals surface area (Å²) < 4.78 is 13.0. The predicted molar refractivity (Wildman–Crippen MR) is 86.9 cm³/mol. The number of carbonyl (C=O) groups is 1. The van der Waals surface area contributed by atoms with Gasteiger partial charge in [0, 0.05) is 17.8 Å². The van der Waals surface area contributed by atoms with Crippen LogP contribution in [0.2, 0.25) is 5.02 Å². The third-order valence-corrected chi connectivity index (χ3v) is 3.36. The van der Waals surface area contributed by atoms with Gasteiger partial charge in [0.25, 0.3) is 5.69 Å². The third kappa shape index (κ3) is 4.37. The molecule has 0 aliphatic rings. The van der Waals surface area contributed by atoms with Gasteiger partial charge in [-0.15, -0.1) is 0 Å². The number of nitrogens with one attached hydrogen (secondary N) is 1. The van der Waals surface area contributed by atoms with Crippen molar-refractivity contribution in [2.45, 2.75) is 6.92 Å². The smallest absolute Gasteiger partial charge is 0.288 e. The first-order chi connectivity index (χ1) is 10.9. The van der Waals surface area contributed by atoms with Crippen molar-refractivity contribution in [2.75, 3.05) is 5.32 Å². The molecule has 0 atom stereocenters. The van der Waals surface area contributed by atoms with Crippen LogP contribution in [0.25, 0.3) is 6.08 Å². The zero-order valence-electron chi connectivity index (χ0n) is 12.0. The van der Waals surface area contributed by atoms with Crippen LogP contribution in [-0.4, -0.2) is 10.8 Å². The summed E-state index contributed by atoms with van der Waals surface area (Å²) in [4.78, 5) is 22.1. The maximum absolute atomic E-state index is 13.0. The number of aryl methyl sites for hydroxylation is 1. The second-order valence-electron chi connectivity index (χ2n) is 4.75. The molecule has 2 aromatic carbocycles. The van der Waals surface area contributed by atoms with E-state index in [1.165, 1.54) is 42.5 Å². The van der Waals surface area contributed by atoms with Crippen LogP contribution in [0.4, 0.5) is 15.8 Å². The van der Waals surface area contributed by atoms with Gasteiger partial charge in [0.15, 0.2) is 0 Å². The van der Waals surface area contributed by atoms with Crippen LogP contribution in [0, 0.1) is 22.9 Å². The summed E-state index contributed by atoms with van der Waals surface area (Å²) in [6.07, 6.45) is 2.66. The van der Waals surface area contributed by atoms with Gasteiger partial charge in [-0.05, 0) is 48.4 Å². The standard InChI is InChI=1S/C16H12ClFN2O3/c1-10-8-12(18)4-6-14(10)19-16(21)7-3-11-2-5-13(17)15(9-11)20(22)23/h2-9H,1H3,(H,19,21)/b7-3+. The molecule has 5 nitrogen and oxygen atoms in total. The molecule has 0 bridgehead atoms. The van der Waals surface area contributed by atoms with Gasteiger partial charge >= 0.3 is 0 Å². The molecule has 0 saturated carbocycles. The minimum Gasteiger partial charge on any atom is -0.322 e. The number of carbonyl (C=O) groups excluding carboxylic acids is 1. The first kappa shape index (κ1) is 16.6. The van der Waals surface area contributed by atoms with Crippen LogP contribution in [0.1, 0.15) is 11.1 Å². The van der Waals surface area contributed by atoms with Crippen molar-refractivity contribution < 1.29 is 14.1 Å². The molecule has 2 aromatic rings. The summed E-state index contributed by atoms with van der Waals surface area (Å²) in [5.74, 6) is -0.818. The van der Waals surface area contributed by atoms with Gasteiger partial charge in [0.2, 0.25) is 5.91 Å². The van der Waals surface area contributed by atoms with E-state index >= 15 is 0 Å². The number of hydrogen-bond donors (Lipinski definition) is 1. The molecule has 0 saturated heterocycles. The maximum Gasteiger partial charge on any atom is 0.288 e. The first-order valence-electron chi connectivity index (χ1n) is 6.56. The Balaban J connectivity index is 2.12. The first-order valence-corrected chi connectivity index (χ1v) is 6.94. The van der Waals surface area contributed by atoms with Crippen LogP contribution < -0.4 is 5.32 Å². The Morgan fingerprint density at radius 1 is 1.30 bits per heavy atom. The lowest BCUT2D eigenvalue weighted by molar-refractivity contribution is -0.384. The second-order valence-corrected chi connectivity index (χ2v) is 5.16. The number of nitro groups is 1. The van der Waals surface area contributed by atoms with E-state index in [2.05, 4.69) is 5.32 Å². The van der Waals surface area contributed by atoms with Crippen LogP contribution in [-0.2, 0) is 4.79 Å². The van der Waals surface area contributed by atoms with Gasteiger partial charge in [0.05, 0.1) is 4.92 Å². The summed E-state index contributed by atoms with van der Waals surface area (Å²) in [7, 11) is 0. The molecule has 118 valence electrons. The minimum atomic E-state index is -0.596. The second kappa shape index (κ2) is 7.02. The highest BCUT2D eigenvalue weighted by Crippen LogP contribution is 2.25. The number of anilines is 1. The third-order valence-electron chi connectivity index (χ3n) is 3.04. The Hall–Kier alpha value is -2.73. The van der Waals surface area contributed by atoms with Crippen molar-refractivity contribution >= 4 is 35.0 Å². The molecule has 0 aliphatic heterocycles. The van der Waals surface area contributed by atoms with Crippen LogP contribution >= 0.6 is 11.6 Å². The topological polar surface area (TPSA) is 72.2 Å². The summed E-state index contributed by atoms with van der Waals surface area (Å²) in [5.41, 5.74) is 1.31. The van der Waals surface area contributed by atoms with E-state index in [0.29, 0.717) is 16.8 Å². The zero-order chi connectivity index (χ0) is 17.0. The van der Waals surface area contributed by atoms with E-state index in [1.807, 2.05) is 0 Å². The average Bonchev–Trinajstić information content (AvgIpc) is 2.49. The van der Waals surface area contributed by atoms with E-state index in [0.717, 1.165) is 0 Å². The molecule has 0 aliphatic carbocycles. The number of amides is 1. The Kier molecular flexibility index (Phi) is 5.08. The molecule has 1 N–H and O–H groups in total. The summed E-state index contributed by atoms with van der Waals surface area (Å²) in [6.45, 7) is 1.67. The number of nitro benzene ring substituents is 1. The number of hydrogen-bond acceptors (Lipinski definition) is 3. The lowest BCUT2D eigenvalue weighted by Crippen LogP contribution is -2.09. The molecule has 7 heteroatoms. The Morgan fingerprint density at radius 3 is 2.70 bits per heavy atom. The van der Waals surface area contributed by atoms with Crippen molar-refractivity contribution in [3.05, 3.63) is 74.6 Å². The summed E-state index contributed by atoms with van der Waals surface area (Å²) >= 11 is 5.72. The molecular formula is C16H12ClFN2O3. The normalized spacial score (nSPS) is 10.7. The van der Waals surface area contributed by atoms with Crippen molar-refractivity contribution in [3.8, 4) is 0 Å². The Bertz CT molecular complexity index is 806. The minimum absolute atomic E-state index is 0.0264. The molecule has 23 heavy (non-hydrogen) atoms. The number of nitrogens with zero attached hydrogens (tertiary/aromatic N) is 1. The average molecular weight is 335 g/mol. The number of halogens is 2. The van der Waals surface area contributed by atoms with Gasteiger partial charge < -0.3 is 5.32 Å². The van der Waals surface area contributed by atoms with Crippen molar-refractivity contribution in [1.29, 1.82) is 0 Å². The van der Waals surface area contributed by atoms with Gasteiger partial charge in [-0.3, -0.25) is 14.9 Å². The lowest BCUT2D eigenvalue weighted by Gasteiger charge is -2.06. The lowest BCUT2D eigenvalue weighted by atomic mass is 10.1.